The normalized spacial score (nSPS) is 21.4. The Balaban J connectivity index is 0.00000120. The summed E-state index contributed by atoms with van der Waals surface area (Å²) in [6, 6.07) is 6.45. The number of nitrogens with zero attached hydrogens (tertiary/aromatic N) is 1. The monoisotopic (exact) mass is 266 g/mol. The van der Waals surface area contributed by atoms with E-state index in [1.54, 1.807) is 7.11 Å². The minimum atomic E-state index is 0. The average Bonchev–Trinajstić information content (AvgIpc) is 2.91. The average molecular weight is 267 g/mol. The number of amidine groups is 1. The van der Waals surface area contributed by atoms with Crippen LogP contribution in [0.2, 0.25) is 0 Å². The van der Waals surface area contributed by atoms with Crippen LogP contribution < -0.4 is 10.1 Å². The topological polar surface area (TPSA) is 33.6 Å². The molecule has 0 amide bonds. The Bertz CT molecular complexity index is 459. The van der Waals surface area contributed by atoms with Crippen molar-refractivity contribution in [3.63, 3.8) is 0 Å². The van der Waals surface area contributed by atoms with Gasteiger partial charge >= 0.3 is 0 Å². The summed E-state index contributed by atoms with van der Waals surface area (Å²) < 4.78 is 5.30. The molecule has 0 fully saturated rings. The Morgan fingerprint density at radius 1 is 1.39 bits per heavy atom. The Labute approximate surface area is 114 Å². The predicted octanol–water partition coefficient (Wildman–Crippen LogP) is 2.54. The second-order valence-corrected chi connectivity index (χ2v) is 4.70. The first kappa shape index (κ1) is 13.2. The van der Waals surface area contributed by atoms with Crippen molar-refractivity contribution >= 4 is 18.2 Å². The molecule has 18 heavy (non-hydrogen) atoms. The number of benzene rings is 1. The smallest absolute Gasteiger partial charge is 0.119 e. The fourth-order valence-corrected chi connectivity index (χ4v) is 2.85. The van der Waals surface area contributed by atoms with Crippen LogP contribution in [0.25, 0.3) is 0 Å². The molecule has 1 atom stereocenters. The molecule has 0 saturated carbocycles. The zero-order valence-corrected chi connectivity index (χ0v) is 11.4. The van der Waals surface area contributed by atoms with Gasteiger partial charge in [0, 0.05) is 12.5 Å². The number of hydrogen-bond donors (Lipinski definition) is 1. The molecule has 1 aliphatic carbocycles. The van der Waals surface area contributed by atoms with E-state index in [4.69, 9.17) is 4.74 Å². The van der Waals surface area contributed by atoms with E-state index >= 15 is 0 Å². The van der Waals surface area contributed by atoms with Crippen LogP contribution in [-0.4, -0.2) is 26.0 Å². The maximum Gasteiger partial charge on any atom is 0.119 e. The summed E-state index contributed by atoms with van der Waals surface area (Å²) in [5.41, 5.74) is 2.86. The lowest BCUT2D eigenvalue weighted by atomic mass is 9.82. The standard InChI is InChI=1S/C14H18N2O.ClH/c1-17-11-5-6-12-10(9-11)3-2-4-13(12)14-15-7-8-16-14;/h5-6,9,13H,2-4,7-8H2,1H3,(H,15,16);1H. The number of halogens is 1. The van der Waals surface area contributed by atoms with Gasteiger partial charge in [-0.1, -0.05) is 6.07 Å². The van der Waals surface area contributed by atoms with Crippen LogP contribution in [0.1, 0.15) is 29.9 Å². The lowest BCUT2D eigenvalue weighted by Gasteiger charge is -2.26. The van der Waals surface area contributed by atoms with Gasteiger partial charge in [-0.25, -0.2) is 0 Å². The summed E-state index contributed by atoms with van der Waals surface area (Å²) in [6.07, 6.45) is 3.62. The van der Waals surface area contributed by atoms with E-state index in [-0.39, 0.29) is 12.4 Å². The van der Waals surface area contributed by atoms with Crippen LogP contribution in [0.4, 0.5) is 0 Å². The van der Waals surface area contributed by atoms with Gasteiger partial charge in [-0.05, 0) is 42.5 Å². The molecule has 1 aromatic rings. The highest BCUT2D eigenvalue weighted by molar-refractivity contribution is 5.90. The lowest BCUT2D eigenvalue weighted by Crippen LogP contribution is -2.28. The number of aliphatic imine (C=N–C) groups is 1. The molecule has 1 aromatic carbocycles. The third-order valence-corrected chi connectivity index (χ3v) is 3.69. The van der Waals surface area contributed by atoms with E-state index in [0.717, 1.165) is 25.3 Å². The first-order valence-electron chi connectivity index (χ1n) is 6.33. The molecule has 3 nitrogen and oxygen atoms in total. The predicted molar refractivity (Wildman–Crippen MR) is 76.2 cm³/mol. The number of nitrogens with one attached hydrogen (secondary N) is 1. The van der Waals surface area contributed by atoms with Crippen molar-refractivity contribution in [2.24, 2.45) is 4.99 Å². The molecule has 98 valence electrons. The van der Waals surface area contributed by atoms with Crippen LogP contribution in [0.3, 0.4) is 0 Å². The molecule has 1 aliphatic heterocycles. The Morgan fingerprint density at radius 2 is 2.28 bits per heavy atom. The van der Waals surface area contributed by atoms with Gasteiger partial charge in [0.1, 0.15) is 11.6 Å². The van der Waals surface area contributed by atoms with Gasteiger partial charge in [-0.2, -0.15) is 0 Å². The van der Waals surface area contributed by atoms with Gasteiger partial charge in [0.15, 0.2) is 0 Å². The van der Waals surface area contributed by atoms with E-state index in [0.29, 0.717) is 5.92 Å². The molecule has 1 heterocycles. The summed E-state index contributed by atoms with van der Waals surface area (Å²) in [5.74, 6) is 2.63. The quantitative estimate of drug-likeness (QED) is 0.893. The van der Waals surface area contributed by atoms with E-state index in [1.165, 1.54) is 29.8 Å². The van der Waals surface area contributed by atoms with Crippen LogP contribution in [0.15, 0.2) is 23.2 Å². The van der Waals surface area contributed by atoms with E-state index < -0.39 is 0 Å². The van der Waals surface area contributed by atoms with Crippen LogP contribution >= 0.6 is 12.4 Å². The van der Waals surface area contributed by atoms with Crippen LogP contribution in [-0.2, 0) is 6.42 Å². The molecule has 1 N–H and O–H groups in total. The SMILES string of the molecule is COc1ccc2c(c1)CCCC2C1=NCCN1.Cl. The molecule has 1 unspecified atom stereocenters. The maximum atomic E-state index is 5.30. The van der Waals surface area contributed by atoms with Crippen molar-refractivity contribution < 1.29 is 4.74 Å². The fraction of sp³-hybridized carbons (Fsp3) is 0.500. The highest BCUT2D eigenvalue weighted by Crippen LogP contribution is 2.34. The van der Waals surface area contributed by atoms with E-state index in [2.05, 4.69) is 28.5 Å². The number of aryl methyl sites for hydroxylation is 1. The highest BCUT2D eigenvalue weighted by atomic mass is 35.5. The van der Waals surface area contributed by atoms with Crippen LogP contribution in [0.5, 0.6) is 5.75 Å². The maximum absolute atomic E-state index is 5.30. The Kier molecular flexibility index (Phi) is 4.12. The minimum absolute atomic E-state index is 0. The van der Waals surface area contributed by atoms with E-state index in [9.17, 15) is 0 Å². The first-order chi connectivity index (χ1) is 8.38. The van der Waals surface area contributed by atoms with Gasteiger partial charge in [0.25, 0.3) is 0 Å². The fourth-order valence-electron chi connectivity index (χ4n) is 2.85. The summed E-state index contributed by atoms with van der Waals surface area (Å²) >= 11 is 0. The van der Waals surface area contributed by atoms with Crippen molar-refractivity contribution in [2.45, 2.75) is 25.2 Å². The molecule has 0 saturated heterocycles. The molecule has 0 spiro atoms. The van der Waals surface area contributed by atoms with Gasteiger partial charge in [0.05, 0.1) is 13.7 Å². The summed E-state index contributed by atoms with van der Waals surface area (Å²) in [7, 11) is 1.73. The molecular formula is C14H19ClN2O. The van der Waals surface area contributed by atoms with Gasteiger partial charge in [-0.3, -0.25) is 4.99 Å². The third-order valence-electron chi connectivity index (χ3n) is 3.69. The third kappa shape index (κ3) is 2.32. The molecule has 0 bridgehead atoms. The van der Waals surface area contributed by atoms with Crippen molar-refractivity contribution in [3.05, 3.63) is 29.3 Å². The van der Waals surface area contributed by atoms with Gasteiger partial charge < -0.3 is 10.1 Å². The molecular weight excluding hydrogens is 248 g/mol. The molecule has 4 heteroatoms. The van der Waals surface area contributed by atoms with Crippen LogP contribution in [0, 0.1) is 0 Å². The number of fused-ring (bicyclic) bond motifs is 1. The van der Waals surface area contributed by atoms with Crippen molar-refractivity contribution in [3.8, 4) is 5.75 Å². The number of methoxy groups -OCH3 is 1. The second-order valence-electron chi connectivity index (χ2n) is 4.70. The number of rotatable bonds is 2. The zero-order chi connectivity index (χ0) is 11.7. The van der Waals surface area contributed by atoms with Crippen molar-refractivity contribution in [1.29, 1.82) is 0 Å². The zero-order valence-electron chi connectivity index (χ0n) is 10.6. The summed E-state index contributed by atoms with van der Waals surface area (Å²) in [4.78, 5) is 4.58. The summed E-state index contributed by atoms with van der Waals surface area (Å²) in [5, 5.41) is 3.41. The first-order valence-corrected chi connectivity index (χ1v) is 6.33. The number of hydrogen-bond acceptors (Lipinski definition) is 3. The van der Waals surface area contributed by atoms with Crippen molar-refractivity contribution in [1.82, 2.24) is 5.32 Å². The lowest BCUT2D eigenvalue weighted by molar-refractivity contribution is 0.413. The molecule has 0 radical (unpaired) electrons. The second kappa shape index (κ2) is 5.61. The Morgan fingerprint density at radius 3 is 3.00 bits per heavy atom. The Hall–Kier alpha value is -1.22. The molecule has 0 aromatic heterocycles. The van der Waals surface area contributed by atoms with Crippen molar-refractivity contribution in [2.75, 3.05) is 20.2 Å². The minimum Gasteiger partial charge on any atom is -0.497 e. The number of ether oxygens (including phenoxy) is 1. The largest absolute Gasteiger partial charge is 0.497 e. The van der Waals surface area contributed by atoms with Gasteiger partial charge in [-0.15, -0.1) is 12.4 Å². The highest BCUT2D eigenvalue weighted by Gasteiger charge is 2.26. The molecule has 2 aliphatic rings. The summed E-state index contributed by atoms with van der Waals surface area (Å²) in [6.45, 7) is 1.93. The van der Waals surface area contributed by atoms with Gasteiger partial charge in [0.2, 0.25) is 0 Å². The van der Waals surface area contributed by atoms with E-state index in [1.807, 2.05) is 0 Å². The molecule has 3 rings (SSSR count).